The van der Waals surface area contributed by atoms with E-state index >= 15 is 0 Å². The van der Waals surface area contributed by atoms with Gasteiger partial charge in [-0.3, -0.25) is 23.9 Å². The Hall–Kier alpha value is -7.80. The van der Waals surface area contributed by atoms with Crippen LogP contribution < -0.4 is 20.3 Å². The van der Waals surface area contributed by atoms with Crippen LogP contribution in [0, 0.1) is 0 Å². The Balaban J connectivity index is 0.00000332. The molecule has 6 aromatic rings. The van der Waals surface area contributed by atoms with Gasteiger partial charge in [0.2, 0.25) is 11.7 Å². The lowest BCUT2D eigenvalue weighted by Crippen LogP contribution is -2.55. The van der Waals surface area contributed by atoms with Crippen molar-refractivity contribution in [3.05, 3.63) is 105 Å². The van der Waals surface area contributed by atoms with E-state index in [2.05, 4.69) is 15.5 Å². The smallest absolute Gasteiger partial charge is 0.415 e. The zero-order valence-electron chi connectivity index (χ0n) is 42.8. The van der Waals surface area contributed by atoms with E-state index < -0.39 is 30.1 Å². The summed E-state index contributed by atoms with van der Waals surface area (Å²) in [4.78, 5) is 75.9. The molecule has 0 radical (unpaired) electrons. The molecule has 2 atom stereocenters. The number of carbonyl (C=O) groups is 4. The fraction of sp³-hybridized carbons (Fsp3) is 0.418. The second kappa shape index (κ2) is 21.3. The highest BCUT2D eigenvalue weighted by atomic mass is 16.6. The van der Waals surface area contributed by atoms with Crippen molar-refractivity contribution in [1.29, 1.82) is 0 Å². The van der Waals surface area contributed by atoms with Crippen LogP contribution in [0.3, 0.4) is 0 Å². The van der Waals surface area contributed by atoms with Crippen LogP contribution in [0.25, 0.3) is 39.4 Å². The number of likely N-dealkylation sites (tertiary alicyclic amines) is 2. The SMILES string of the molecule is CC.CCNC(=O)c1nnc(-c2cc(C(C)C)c(O)cc2O)n1-c1ccc(OC2CCN(C(=O)C3CCCCN3C(=O)Oc3ccc4nc5c(c(CC)c4c3)Cn3c-5cc4c(c3=O)COC(=O)C4OC)CC2)cc1. The highest BCUT2D eigenvalue weighted by Gasteiger charge is 2.39. The zero-order valence-corrected chi connectivity index (χ0v) is 42.8. The number of nitrogens with zero attached hydrogens (tertiary/aromatic N) is 7. The number of aromatic hydroxyl groups is 2. The van der Waals surface area contributed by atoms with E-state index in [-0.39, 0.29) is 59.8 Å². The molecule has 3 N–H and O–H groups in total. The van der Waals surface area contributed by atoms with Gasteiger partial charge >= 0.3 is 12.1 Å². The van der Waals surface area contributed by atoms with Crippen LogP contribution in [0.1, 0.15) is 124 Å². The number of rotatable bonds is 11. The third-order valence-electron chi connectivity index (χ3n) is 14.2. The number of nitrogens with one attached hydrogen (secondary N) is 1. The average molecular weight is 1010 g/mol. The van der Waals surface area contributed by atoms with Crippen LogP contribution in [0.4, 0.5) is 4.79 Å². The Morgan fingerprint density at radius 3 is 2.32 bits per heavy atom. The summed E-state index contributed by atoms with van der Waals surface area (Å²) in [6.45, 7) is 13.4. The van der Waals surface area contributed by atoms with Crippen molar-refractivity contribution >= 4 is 34.8 Å². The quantitative estimate of drug-likeness (QED) is 0.105. The highest BCUT2D eigenvalue weighted by molar-refractivity contribution is 5.93. The molecule has 3 aromatic carbocycles. The summed E-state index contributed by atoms with van der Waals surface area (Å²) in [6, 6.07) is 16.4. The van der Waals surface area contributed by atoms with Gasteiger partial charge in [0.15, 0.2) is 11.9 Å². The summed E-state index contributed by atoms with van der Waals surface area (Å²) >= 11 is 0. The number of aromatic nitrogens is 5. The molecule has 3 amide bonds. The number of hydrogen-bond donors (Lipinski definition) is 3. The number of carbonyl (C=O) groups excluding carboxylic acids is 4. The second-order valence-corrected chi connectivity index (χ2v) is 18.9. The maximum atomic E-state index is 14.2. The fourth-order valence-corrected chi connectivity index (χ4v) is 10.5. The Morgan fingerprint density at radius 2 is 1.62 bits per heavy atom. The molecule has 10 rings (SSSR count). The Bertz CT molecular complexity index is 3210. The van der Waals surface area contributed by atoms with Crippen molar-refractivity contribution in [2.45, 2.75) is 117 Å². The third-order valence-corrected chi connectivity index (χ3v) is 14.2. The summed E-state index contributed by atoms with van der Waals surface area (Å²) in [6.07, 6.45) is 2.00. The molecule has 19 nitrogen and oxygen atoms in total. The van der Waals surface area contributed by atoms with Crippen molar-refractivity contribution in [3.63, 3.8) is 0 Å². The number of phenols is 2. The summed E-state index contributed by atoms with van der Waals surface area (Å²) in [5.74, 6) is -0.296. The lowest BCUT2D eigenvalue weighted by atomic mass is 9.97. The normalized spacial score (nSPS) is 17.2. The third kappa shape index (κ3) is 9.40. The van der Waals surface area contributed by atoms with Gasteiger partial charge < -0.3 is 43.9 Å². The molecule has 0 bridgehead atoms. The minimum Gasteiger partial charge on any atom is -0.508 e. The number of phenolic OH excluding ortho intramolecular Hbond substituents is 2. The molecule has 74 heavy (non-hydrogen) atoms. The van der Waals surface area contributed by atoms with Gasteiger partial charge in [-0.2, -0.15) is 0 Å². The Labute approximate surface area is 428 Å². The number of pyridine rings is 2. The highest BCUT2D eigenvalue weighted by Crippen LogP contribution is 2.41. The van der Waals surface area contributed by atoms with Crippen LogP contribution in [0.2, 0.25) is 0 Å². The number of fused-ring (bicyclic) bond motifs is 5. The summed E-state index contributed by atoms with van der Waals surface area (Å²) < 4.78 is 26.3. The zero-order chi connectivity index (χ0) is 52.5. The molecule has 2 saturated heterocycles. The molecule has 3 aromatic heterocycles. The van der Waals surface area contributed by atoms with Crippen molar-refractivity contribution < 1.29 is 48.3 Å². The largest absolute Gasteiger partial charge is 0.508 e. The number of benzene rings is 3. The molecule has 4 aliphatic rings. The van der Waals surface area contributed by atoms with E-state index in [4.69, 9.17) is 23.9 Å². The number of esters is 1. The van der Waals surface area contributed by atoms with E-state index in [1.807, 2.05) is 34.6 Å². The van der Waals surface area contributed by atoms with Gasteiger partial charge in [-0.25, -0.2) is 14.6 Å². The van der Waals surface area contributed by atoms with Crippen molar-refractivity contribution in [3.8, 4) is 51.5 Å². The van der Waals surface area contributed by atoms with Crippen molar-refractivity contribution in [2.75, 3.05) is 33.3 Å². The Kier molecular flexibility index (Phi) is 14.7. The van der Waals surface area contributed by atoms with Crippen LogP contribution >= 0.6 is 0 Å². The number of aryl methyl sites for hydroxylation is 1. The maximum Gasteiger partial charge on any atom is 0.415 e. The molecule has 7 heterocycles. The standard InChI is InChI=1S/C53H56N8O11.C2H6/c1-6-33-35-22-32(15-16-40(35)55-45-38(33)26-60-42(45)24-36-39(50(60)65)27-70-52(67)46(36)69-5)72-53(68)59-19-9-8-10-41(59)51(66)58-20-17-31(18-21-58)71-30-13-11-29(12-14-30)61-47(56-57-48(61)49(64)54-7-2)37-23-34(28(3)4)43(62)25-44(37)63;1-2/h11-16,22-25,28,31,41,46,62-63H,6-10,17-21,26-27H2,1-5H3,(H,54,64);1-2H3. The number of hydrogen-bond acceptors (Lipinski definition) is 14. The topological polar surface area (TPSA) is 230 Å². The van der Waals surface area contributed by atoms with Crippen LogP contribution in [0.15, 0.2) is 65.5 Å². The van der Waals surface area contributed by atoms with Crippen molar-refractivity contribution in [2.24, 2.45) is 0 Å². The second-order valence-electron chi connectivity index (χ2n) is 18.9. The summed E-state index contributed by atoms with van der Waals surface area (Å²) in [7, 11) is 1.41. The minimum atomic E-state index is -1.00. The molecule has 0 spiro atoms. The molecule has 19 heteroatoms. The van der Waals surface area contributed by atoms with E-state index in [0.717, 1.165) is 29.4 Å². The molecular formula is C55H62N8O11. The van der Waals surface area contributed by atoms with Gasteiger partial charge in [0.05, 0.1) is 34.6 Å². The first kappa shape index (κ1) is 51.1. The Morgan fingerprint density at radius 1 is 0.878 bits per heavy atom. The number of cyclic esters (lactones) is 1. The number of amides is 3. The summed E-state index contributed by atoms with van der Waals surface area (Å²) in [5, 5.41) is 33.5. The first-order chi connectivity index (χ1) is 35.8. The van der Waals surface area contributed by atoms with E-state index in [1.54, 1.807) is 80.5 Å². The predicted molar refractivity (Wildman–Crippen MR) is 274 cm³/mol. The van der Waals surface area contributed by atoms with Gasteiger partial charge in [0, 0.05) is 74.4 Å². The number of ether oxygens (including phenoxy) is 4. The monoisotopic (exact) mass is 1010 g/mol. The lowest BCUT2D eigenvalue weighted by molar-refractivity contribution is -0.159. The van der Waals surface area contributed by atoms with Gasteiger partial charge in [-0.1, -0.05) is 34.6 Å². The molecule has 4 aliphatic heterocycles. The maximum absolute atomic E-state index is 14.2. The first-order valence-corrected chi connectivity index (χ1v) is 25.5. The molecule has 0 saturated carbocycles. The fourth-order valence-electron chi connectivity index (χ4n) is 10.5. The minimum absolute atomic E-state index is 0.0201. The average Bonchev–Trinajstić information content (AvgIpc) is 4.02. The molecule has 388 valence electrons. The summed E-state index contributed by atoms with van der Waals surface area (Å²) in [5.41, 5.74) is 5.82. The predicted octanol–water partition coefficient (Wildman–Crippen LogP) is 7.71. The van der Waals surface area contributed by atoms with E-state index in [9.17, 15) is 34.2 Å². The van der Waals surface area contributed by atoms with Crippen LogP contribution in [-0.2, 0) is 38.6 Å². The number of piperidine rings is 2. The van der Waals surface area contributed by atoms with Crippen LogP contribution in [-0.4, -0.2) is 114 Å². The van der Waals surface area contributed by atoms with Gasteiger partial charge in [-0.15, -0.1) is 10.2 Å². The molecule has 2 unspecified atom stereocenters. The molecule has 0 aliphatic carbocycles. The van der Waals surface area contributed by atoms with Crippen molar-refractivity contribution in [1.82, 2.24) is 39.4 Å². The van der Waals surface area contributed by atoms with E-state index in [0.29, 0.717) is 108 Å². The van der Waals surface area contributed by atoms with Gasteiger partial charge in [0.25, 0.3) is 11.5 Å². The van der Waals surface area contributed by atoms with Gasteiger partial charge in [-0.05, 0) is 104 Å². The number of methoxy groups -OCH3 is 1. The molecule has 2 fully saturated rings. The van der Waals surface area contributed by atoms with E-state index in [1.165, 1.54) is 13.2 Å². The molecular weight excluding hydrogens is 949 g/mol. The van der Waals surface area contributed by atoms with Crippen LogP contribution in [0.5, 0.6) is 23.0 Å². The first-order valence-electron chi connectivity index (χ1n) is 25.5. The lowest BCUT2D eigenvalue weighted by Gasteiger charge is -2.39. The van der Waals surface area contributed by atoms with Gasteiger partial charge in [0.1, 0.15) is 41.8 Å².